The summed E-state index contributed by atoms with van der Waals surface area (Å²) in [7, 11) is 1.64. The molecule has 0 radical (unpaired) electrons. The molecule has 0 bridgehead atoms. The molecule has 0 unspecified atom stereocenters. The fourth-order valence-corrected chi connectivity index (χ4v) is 4.13. The highest BCUT2D eigenvalue weighted by Gasteiger charge is 2.22. The summed E-state index contributed by atoms with van der Waals surface area (Å²) < 4.78 is 13.7. The van der Waals surface area contributed by atoms with Gasteiger partial charge in [0.2, 0.25) is 0 Å². The average Bonchev–Trinajstić information content (AvgIpc) is 3.21. The van der Waals surface area contributed by atoms with Crippen molar-refractivity contribution < 1.29 is 14.3 Å². The normalized spacial score (nSPS) is 15.2. The van der Waals surface area contributed by atoms with Gasteiger partial charge in [-0.1, -0.05) is 48.2 Å². The molecular formula is C21H18N2O3S2. The Hall–Kier alpha value is -2.77. The predicted octanol–water partition coefficient (Wildman–Crippen LogP) is 4.22. The molecule has 1 saturated heterocycles. The molecule has 1 aliphatic rings. The second kappa shape index (κ2) is 8.08. The molecule has 1 fully saturated rings. The Morgan fingerprint density at radius 1 is 1.18 bits per heavy atom. The molecule has 142 valence electrons. The molecule has 7 heteroatoms. The van der Waals surface area contributed by atoms with E-state index in [0.29, 0.717) is 22.4 Å². The highest BCUT2D eigenvalue weighted by Crippen LogP contribution is 2.30. The molecule has 0 saturated carbocycles. The van der Waals surface area contributed by atoms with E-state index in [-0.39, 0.29) is 5.91 Å². The number of carbonyl (C=O) groups is 1. The average molecular weight is 411 g/mol. The van der Waals surface area contributed by atoms with Crippen LogP contribution in [0.2, 0.25) is 0 Å². The number of aromatic nitrogens is 1. The molecule has 2 aromatic carbocycles. The van der Waals surface area contributed by atoms with E-state index < -0.39 is 0 Å². The Kier molecular flexibility index (Phi) is 5.36. The first kappa shape index (κ1) is 18.6. The number of thioether (sulfide) groups is 1. The molecule has 1 N–H and O–H groups in total. The molecule has 0 atom stereocenters. The number of thiocarbonyl (C=S) groups is 1. The van der Waals surface area contributed by atoms with Crippen LogP contribution in [-0.4, -0.2) is 28.5 Å². The van der Waals surface area contributed by atoms with Gasteiger partial charge >= 0.3 is 0 Å². The van der Waals surface area contributed by atoms with Gasteiger partial charge in [-0.3, -0.25) is 4.79 Å². The number of nitrogens with zero attached hydrogens (tertiary/aromatic N) is 1. The molecule has 28 heavy (non-hydrogen) atoms. The van der Waals surface area contributed by atoms with Gasteiger partial charge in [0.25, 0.3) is 5.91 Å². The van der Waals surface area contributed by atoms with Crippen LogP contribution in [-0.2, 0) is 11.3 Å². The molecule has 1 amide bonds. The van der Waals surface area contributed by atoms with E-state index in [1.54, 1.807) is 7.11 Å². The van der Waals surface area contributed by atoms with Crippen molar-refractivity contribution in [2.75, 3.05) is 13.7 Å². The SMILES string of the molecule is COc1cccc(OCCn2cc(C=C3SC(=S)NC3=O)c3ccccc32)c1. The van der Waals surface area contributed by atoms with Crippen molar-refractivity contribution in [3.63, 3.8) is 0 Å². The number of ether oxygens (including phenoxy) is 2. The zero-order valence-electron chi connectivity index (χ0n) is 15.2. The van der Waals surface area contributed by atoms with E-state index >= 15 is 0 Å². The third kappa shape index (κ3) is 3.90. The van der Waals surface area contributed by atoms with Gasteiger partial charge in [-0.15, -0.1) is 0 Å². The second-order valence-electron chi connectivity index (χ2n) is 6.17. The number of methoxy groups -OCH3 is 1. The molecule has 2 heterocycles. The largest absolute Gasteiger partial charge is 0.497 e. The molecule has 3 aromatic rings. The highest BCUT2D eigenvalue weighted by atomic mass is 32.2. The molecule has 1 aliphatic heterocycles. The third-order valence-electron chi connectivity index (χ3n) is 4.39. The van der Waals surface area contributed by atoms with E-state index in [9.17, 15) is 4.79 Å². The first-order valence-corrected chi connectivity index (χ1v) is 9.96. The summed E-state index contributed by atoms with van der Waals surface area (Å²) in [5.41, 5.74) is 2.08. The predicted molar refractivity (Wildman–Crippen MR) is 117 cm³/mol. The van der Waals surface area contributed by atoms with Crippen molar-refractivity contribution in [1.29, 1.82) is 0 Å². The van der Waals surface area contributed by atoms with Gasteiger partial charge < -0.3 is 19.4 Å². The van der Waals surface area contributed by atoms with Gasteiger partial charge in [0.15, 0.2) is 0 Å². The van der Waals surface area contributed by atoms with Crippen LogP contribution in [0.4, 0.5) is 0 Å². The van der Waals surface area contributed by atoms with Crippen LogP contribution in [0, 0.1) is 0 Å². The van der Waals surface area contributed by atoms with Gasteiger partial charge in [-0.25, -0.2) is 0 Å². The summed E-state index contributed by atoms with van der Waals surface area (Å²) in [6.45, 7) is 1.19. The van der Waals surface area contributed by atoms with Crippen LogP contribution >= 0.6 is 24.0 Å². The standard InChI is InChI=1S/C21H18N2O3S2/c1-25-15-5-4-6-16(12-15)26-10-9-23-13-14(17-7-2-3-8-18(17)23)11-19-20(24)22-21(27)28-19/h2-8,11-13H,9-10H2,1H3,(H,22,24,27). The van der Waals surface area contributed by atoms with Crippen LogP contribution in [0.3, 0.4) is 0 Å². The van der Waals surface area contributed by atoms with Crippen molar-refractivity contribution in [1.82, 2.24) is 9.88 Å². The van der Waals surface area contributed by atoms with Crippen LogP contribution in [0.5, 0.6) is 11.5 Å². The lowest BCUT2D eigenvalue weighted by Gasteiger charge is -2.09. The summed E-state index contributed by atoms with van der Waals surface area (Å²) in [6, 6.07) is 15.7. The zero-order valence-corrected chi connectivity index (χ0v) is 16.8. The maximum absolute atomic E-state index is 12.0. The summed E-state index contributed by atoms with van der Waals surface area (Å²) in [6.07, 6.45) is 3.93. The highest BCUT2D eigenvalue weighted by molar-refractivity contribution is 8.26. The Balaban J connectivity index is 1.55. The van der Waals surface area contributed by atoms with E-state index in [4.69, 9.17) is 21.7 Å². The second-order valence-corrected chi connectivity index (χ2v) is 7.89. The number of nitrogens with one attached hydrogen (secondary N) is 1. The lowest BCUT2D eigenvalue weighted by atomic mass is 10.1. The van der Waals surface area contributed by atoms with Crippen LogP contribution in [0.25, 0.3) is 17.0 Å². The number of fused-ring (bicyclic) bond motifs is 1. The quantitative estimate of drug-likeness (QED) is 0.487. The van der Waals surface area contributed by atoms with Gasteiger partial charge in [0.1, 0.15) is 22.4 Å². The number of carbonyl (C=O) groups excluding carboxylic acids is 1. The van der Waals surface area contributed by atoms with E-state index in [2.05, 4.69) is 22.0 Å². The smallest absolute Gasteiger partial charge is 0.263 e. The lowest BCUT2D eigenvalue weighted by Crippen LogP contribution is -2.17. The minimum Gasteiger partial charge on any atom is -0.497 e. The summed E-state index contributed by atoms with van der Waals surface area (Å²) in [5.74, 6) is 1.39. The number of para-hydroxylation sites is 1. The summed E-state index contributed by atoms with van der Waals surface area (Å²) >= 11 is 6.36. The molecule has 4 rings (SSSR count). The molecule has 5 nitrogen and oxygen atoms in total. The number of benzene rings is 2. The minimum absolute atomic E-state index is 0.145. The van der Waals surface area contributed by atoms with E-state index in [1.165, 1.54) is 11.8 Å². The van der Waals surface area contributed by atoms with Crippen molar-refractivity contribution in [3.05, 3.63) is 65.2 Å². The maximum atomic E-state index is 12.0. The zero-order chi connectivity index (χ0) is 19.5. The number of rotatable bonds is 6. The lowest BCUT2D eigenvalue weighted by molar-refractivity contribution is -0.115. The Morgan fingerprint density at radius 2 is 2.00 bits per heavy atom. The minimum atomic E-state index is -0.145. The number of amides is 1. The molecule has 0 aliphatic carbocycles. The van der Waals surface area contributed by atoms with Gasteiger partial charge in [-0.05, 0) is 24.3 Å². The van der Waals surface area contributed by atoms with Crippen LogP contribution < -0.4 is 14.8 Å². The maximum Gasteiger partial charge on any atom is 0.263 e. The van der Waals surface area contributed by atoms with Gasteiger partial charge in [-0.2, -0.15) is 0 Å². The van der Waals surface area contributed by atoms with Crippen LogP contribution in [0.1, 0.15) is 5.56 Å². The van der Waals surface area contributed by atoms with Crippen LogP contribution in [0.15, 0.2) is 59.6 Å². The van der Waals surface area contributed by atoms with Crippen molar-refractivity contribution in [3.8, 4) is 11.5 Å². The first-order valence-electron chi connectivity index (χ1n) is 8.73. The third-order valence-corrected chi connectivity index (χ3v) is 5.55. The van der Waals surface area contributed by atoms with E-state index in [1.807, 2.05) is 48.7 Å². The van der Waals surface area contributed by atoms with Crippen molar-refractivity contribution in [2.24, 2.45) is 0 Å². The number of hydrogen-bond acceptors (Lipinski definition) is 5. The van der Waals surface area contributed by atoms with Crippen molar-refractivity contribution in [2.45, 2.75) is 6.54 Å². The fraction of sp³-hybridized carbons (Fsp3) is 0.143. The molecule has 1 aromatic heterocycles. The number of hydrogen-bond donors (Lipinski definition) is 1. The topological polar surface area (TPSA) is 52.5 Å². The monoisotopic (exact) mass is 410 g/mol. The summed E-state index contributed by atoms with van der Waals surface area (Å²) in [4.78, 5) is 12.6. The van der Waals surface area contributed by atoms with Gasteiger partial charge in [0, 0.05) is 28.7 Å². The Labute approximate surface area is 172 Å². The van der Waals surface area contributed by atoms with Crippen molar-refractivity contribution >= 4 is 51.2 Å². The van der Waals surface area contributed by atoms with E-state index in [0.717, 1.165) is 28.0 Å². The fourth-order valence-electron chi connectivity index (χ4n) is 3.09. The Morgan fingerprint density at radius 3 is 2.79 bits per heavy atom. The molecular weight excluding hydrogens is 392 g/mol. The summed E-state index contributed by atoms with van der Waals surface area (Å²) in [5, 5.41) is 3.74. The molecule has 0 spiro atoms. The first-order chi connectivity index (χ1) is 13.6. The Bertz CT molecular complexity index is 1090. The van der Waals surface area contributed by atoms with Gasteiger partial charge in [0.05, 0.1) is 18.6 Å².